The van der Waals surface area contributed by atoms with Crippen molar-refractivity contribution in [2.45, 2.75) is 13.0 Å². The smallest absolute Gasteiger partial charge is 0.211 e. The Morgan fingerprint density at radius 2 is 1.81 bits per heavy atom. The Kier molecular flexibility index (Phi) is 6.20. The number of ether oxygens (including phenoxy) is 1. The number of rotatable bonds is 9. The van der Waals surface area contributed by atoms with E-state index in [-0.39, 0.29) is 5.75 Å². The van der Waals surface area contributed by atoms with Gasteiger partial charge in [-0.1, -0.05) is 12.1 Å². The van der Waals surface area contributed by atoms with E-state index in [2.05, 4.69) is 14.8 Å². The highest BCUT2D eigenvalue weighted by Crippen LogP contribution is 2.15. The minimum atomic E-state index is -3.34. The highest BCUT2D eigenvalue weighted by Gasteiger charge is 2.10. The predicted octanol–water partition coefficient (Wildman–Crippen LogP) is 2.12. The van der Waals surface area contributed by atoms with Gasteiger partial charge in [0.15, 0.2) is 0 Å². The quantitative estimate of drug-likeness (QED) is 0.609. The molecule has 0 bridgehead atoms. The van der Waals surface area contributed by atoms with Crippen LogP contribution in [-0.2, 0) is 23.0 Å². The van der Waals surface area contributed by atoms with Gasteiger partial charge in [0, 0.05) is 30.7 Å². The fourth-order valence-electron chi connectivity index (χ4n) is 2.60. The maximum absolute atomic E-state index is 12.2. The number of nitrogens with zero attached hydrogens (tertiary/aromatic N) is 3. The summed E-state index contributed by atoms with van der Waals surface area (Å²) in [5.41, 5.74) is 2.76. The van der Waals surface area contributed by atoms with Crippen LogP contribution in [0.5, 0.6) is 5.75 Å². The lowest BCUT2D eigenvalue weighted by atomic mass is 10.2. The zero-order valence-electron chi connectivity index (χ0n) is 15.1. The molecular weight excluding hydrogens is 364 g/mol. The highest BCUT2D eigenvalue weighted by molar-refractivity contribution is 7.89. The molecule has 0 unspecified atom stereocenters. The Hall–Kier alpha value is -2.71. The van der Waals surface area contributed by atoms with E-state index in [4.69, 9.17) is 4.74 Å². The third kappa shape index (κ3) is 5.63. The van der Waals surface area contributed by atoms with Crippen molar-refractivity contribution in [3.63, 3.8) is 0 Å². The van der Waals surface area contributed by atoms with Gasteiger partial charge in [0.05, 0.1) is 25.1 Å². The molecule has 0 saturated heterocycles. The molecular formula is C19H22N4O3S. The van der Waals surface area contributed by atoms with Crippen molar-refractivity contribution in [1.29, 1.82) is 0 Å². The van der Waals surface area contributed by atoms with Gasteiger partial charge in [-0.05, 0) is 42.3 Å². The third-order valence-electron chi connectivity index (χ3n) is 4.10. The molecule has 0 fully saturated rings. The van der Waals surface area contributed by atoms with Crippen LogP contribution in [0.4, 0.5) is 0 Å². The van der Waals surface area contributed by atoms with Crippen molar-refractivity contribution < 1.29 is 13.2 Å². The van der Waals surface area contributed by atoms with Gasteiger partial charge in [-0.25, -0.2) is 13.1 Å². The van der Waals surface area contributed by atoms with Crippen molar-refractivity contribution in [2.75, 3.05) is 19.4 Å². The molecule has 0 saturated carbocycles. The van der Waals surface area contributed by atoms with Crippen LogP contribution in [0.15, 0.2) is 61.1 Å². The minimum Gasteiger partial charge on any atom is -0.497 e. The standard InChI is InChI=1S/C19H22N4O3S/c1-26-18-4-2-16(3-5-18)9-15-27(24,25)21-12-14-23-13-8-19(22-23)17-6-10-20-11-7-17/h2-8,10-11,13,21H,9,12,14-15H2,1H3. The largest absolute Gasteiger partial charge is 0.497 e. The van der Waals surface area contributed by atoms with Crippen LogP contribution in [-0.4, -0.2) is 42.6 Å². The number of sulfonamides is 1. The first kappa shape index (κ1) is 19.1. The van der Waals surface area contributed by atoms with E-state index in [9.17, 15) is 8.42 Å². The van der Waals surface area contributed by atoms with Crippen LogP contribution < -0.4 is 9.46 Å². The molecule has 7 nitrogen and oxygen atoms in total. The molecule has 1 N–H and O–H groups in total. The number of hydrogen-bond donors (Lipinski definition) is 1. The molecule has 2 heterocycles. The Labute approximate surface area is 159 Å². The molecule has 0 radical (unpaired) electrons. The second-order valence-electron chi connectivity index (χ2n) is 6.01. The predicted molar refractivity (Wildman–Crippen MR) is 104 cm³/mol. The molecule has 1 aromatic carbocycles. The SMILES string of the molecule is COc1ccc(CCS(=O)(=O)NCCn2ccc(-c3ccncc3)n2)cc1. The molecule has 2 aromatic heterocycles. The van der Waals surface area contributed by atoms with Gasteiger partial charge >= 0.3 is 0 Å². The van der Waals surface area contributed by atoms with E-state index < -0.39 is 10.0 Å². The van der Waals surface area contributed by atoms with Crippen LogP contribution in [0, 0.1) is 0 Å². The first-order chi connectivity index (χ1) is 13.1. The fraction of sp³-hybridized carbons (Fsp3) is 0.263. The van der Waals surface area contributed by atoms with E-state index in [0.29, 0.717) is 19.5 Å². The summed E-state index contributed by atoms with van der Waals surface area (Å²) in [6, 6.07) is 13.1. The molecule has 0 aliphatic heterocycles. The second kappa shape index (κ2) is 8.79. The van der Waals surface area contributed by atoms with Gasteiger partial charge in [-0.3, -0.25) is 9.67 Å². The molecule has 0 aliphatic rings. The number of pyridine rings is 1. The third-order valence-corrected chi connectivity index (χ3v) is 5.48. The van der Waals surface area contributed by atoms with Crippen molar-refractivity contribution in [2.24, 2.45) is 0 Å². The zero-order chi connectivity index (χ0) is 19.1. The highest BCUT2D eigenvalue weighted by atomic mass is 32.2. The zero-order valence-corrected chi connectivity index (χ0v) is 15.9. The fourth-order valence-corrected chi connectivity index (χ4v) is 3.65. The number of benzene rings is 1. The maximum atomic E-state index is 12.2. The summed E-state index contributed by atoms with van der Waals surface area (Å²) in [7, 11) is -1.74. The van der Waals surface area contributed by atoms with Crippen molar-refractivity contribution >= 4 is 10.0 Å². The average Bonchev–Trinajstić information content (AvgIpc) is 3.16. The van der Waals surface area contributed by atoms with Crippen molar-refractivity contribution in [3.8, 4) is 17.0 Å². The van der Waals surface area contributed by atoms with E-state index in [1.165, 1.54) is 0 Å². The molecule has 0 amide bonds. The summed E-state index contributed by atoms with van der Waals surface area (Å²) in [6.45, 7) is 0.759. The van der Waals surface area contributed by atoms with Gasteiger partial charge in [-0.2, -0.15) is 5.10 Å². The molecule has 3 aromatic rings. The van der Waals surface area contributed by atoms with Crippen molar-refractivity contribution in [1.82, 2.24) is 19.5 Å². The Morgan fingerprint density at radius 1 is 1.07 bits per heavy atom. The number of methoxy groups -OCH3 is 1. The lowest BCUT2D eigenvalue weighted by Crippen LogP contribution is -2.30. The molecule has 27 heavy (non-hydrogen) atoms. The Balaban J connectivity index is 1.47. The van der Waals surface area contributed by atoms with Gasteiger partial charge in [0.2, 0.25) is 10.0 Å². The normalized spacial score (nSPS) is 11.4. The maximum Gasteiger partial charge on any atom is 0.211 e. The number of nitrogens with one attached hydrogen (secondary N) is 1. The first-order valence-corrected chi connectivity index (χ1v) is 10.2. The lowest BCUT2D eigenvalue weighted by molar-refractivity contribution is 0.414. The summed E-state index contributed by atoms with van der Waals surface area (Å²) in [5.74, 6) is 0.797. The van der Waals surface area contributed by atoms with Gasteiger partial charge in [0.1, 0.15) is 5.75 Å². The molecule has 3 rings (SSSR count). The van der Waals surface area contributed by atoms with Crippen LogP contribution >= 0.6 is 0 Å². The Morgan fingerprint density at radius 3 is 2.52 bits per heavy atom. The van der Waals surface area contributed by atoms with Crippen LogP contribution in [0.1, 0.15) is 5.56 Å². The minimum absolute atomic E-state index is 0.0424. The van der Waals surface area contributed by atoms with Gasteiger partial charge in [0.25, 0.3) is 0 Å². The lowest BCUT2D eigenvalue weighted by Gasteiger charge is -2.07. The first-order valence-electron chi connectivity index (χ1n) is 8.60. The topological polar surface area (TPSA) is 86.1 Å². The number of aromatic nitrogens is 3. The van der Waals surface area contributed by atoms with E-state index in [0.717, 1.165) is 22.6 Å². The molecule has 142 valence electrons. The average molecular weight is 386 g/mol. The molecule has 0 spiro atoms. The monoisotopic (exact) mass is 386 g/mol. The summed E-state index contributed by atoms with van der Waals surface area (Å²) in [4.78, 5) is 3.98. The number of aryl methyl sites for hydroxylation is 1. The molecule has 8 heteroatoms. The summed E-state index contributed by atoms with van der Waals surface area (Å²) in [5, 5.41) is 4.45. The summed E-state index contributed by atoms with van der Waals surface area (Å²) < 4.78 is 33.8. The van der Waals surface area contributed by atoms with Crippen LogP contribution in [0.2, 0.25) is 0 Å². The molecule has 0 aliphatic carbocycles. The van der Waals surface area contributed by atoms with E-state index >= 15 is 0 Å². The summed E-state index contributed by atoms with van der Waals surface area (Å²) >= 11 is 0. The van der Waals surface area contributed by atoms with Gasteiger partial charge < -0.3 is 4.74 Å². The van der Waals surface area contributed by atoms with Crippen molar-refractivity contribution in [3.05, 3.63) is 66.6 Å². The number of hydrogen-bond acceptors (Lipinski definition) is 5. The van der Waals surface area contributed by atoms with Crippen LogP contribution in [0.25, 0.3) is 11.3 Å². The summed E-state index contributed by atoms with van der Waals surface area (Å²) in [6.07, 6.45) is 5.71. The van der Waals surface area contributed by atoms with Gasteiger partial charge in [-0.15, -0.1) is 0 Å². The van der Waals surface area contributed by atoms with E-state index in [1.54, 1.807) is 24.2 Å². The second-order valence-corrected chi connectivity index (χ2v) is 7.94. The molecule has 0 atom stereocenters. The van der Waals surface area contributed by atoms with Crippen LogP contribution in [0.3, 0.4) is 0 Å². The Bertz CT molecular complexity index is 954. The van der Waals surface area contributed by atoms with E-state index in [1.807, 2.05) is 48.7 Å².